The molecule has 0 aliphatic rings. The molecule has 0 radical (unpaired) electrons. The Morgan fingerprint density at radius 2 is 2.29 bits per heavy atom. The number of benzene rings is 1. The van der Waals surface area contributed by atoms with Gasteiger partial charge in [0.05, 0.1) is 0 Å². The van der Waals surface area contributed by atoms with Crippen molar-refractivity contribution in [2.24, 2.45) is 10.8 Å². The second-order valence-corrected chi connectivity index (χ2v) is 4.36. The summed E-state index contributed by atoms with van der Waals surface area (Å²) < 4.78 is 14.2. The third-order valence-corrected chi connectivity index (χ3v) is 2.68. The van der Waals surface area contributed by atoms with E-state index in [0.29, 0.717) is 3.57 Å². The molecule has 0 aromatic heterocycles. The average Bonchev–Trinajstić information content (AvgIpc) is 2.21. The second-order valence-electron chi connectivity index (χ2n) is 3.20. The van der Waals surface area contributed by atoms with Crippen molar-refractivity contribution in [1.29, 1.82) is 10.7 Å². The molecule has 5 nitrogen and oxygen atoms in total. The molecule has 0 aliphatic heterocycles. The van der Waals surface area contributed by atoms with Gasteiger partial charge in [-0.15, -0.1) is 0 Å². The highest BCUT2D eigenvalue weighted by molar-refractivity contribution is 14.1. The number of amidine groups is 1. The number of nitrogens with zero attached hydrogens (tertiary/aromatic N) is 2. The molecule has 17 heavy (non-hydrogen) atoms. The van der Waals surface area contributed by atoms with Gasteiger partial charge in [0.1, 0.15) is 17.6 Å². The van der Waals surface area contributed by atoms with Gasteiger partial charge in [-0.2, -0.15) is 10.4 Å². The molecule has 0 spiro atoms. The maximum absolute atomic E-state index is 13.6. The first-order valence-electron chi connectivity index (χ1n) is 4.49. The molecule has 0 fully saturated rings. The number of hydrazone groups is 1. The lowest BCUT2D eigenvalue weighted by Gasteiger charge is -2.06. The average molecular weight is 345 g/mol. The minimum atomic E-state index is -0.473. The van der Waals surface area contributed by atoms with Crippen molar-refractivity contribution in [2.45, 2.75) is 6.92 Å². The Morgan fingerprint density at radius 1 is 1.65 bits per heavy atom. The van der Waals surface area contributed by atoms with Crippen molar-refractivity contribution in [3.63, 3.8) is 0 Å². The zero-order chi connectivity index (χ0) is 13.0. The zero-order valence-corrected chi connectivity index (χ0v) is 11.0. The fourth-order valence-corrected chi connectivity index (χ4v) is 1.93. The van der Waals surface area contributed by atoms with Gasteiger partial charge in [0.15, 0.2) is 5.84 Å². The SMILES string of the molecule is Cc1cc(F)c(N/N=C(\C#N)C(=N)N)c(I)c1. The van der Waals surface area contributed by atoms with E-state index < -0.39 is 11.7 Å². The highest BCUT2D eigenvalue weighted by Crippen LogP contribution is 2.23. The van der Waals surface area contributed by atoms with Gasteiger partial charge >= 0.3 is 0 Å². The summed E-state index contributed by atoms with van der Waals surface area (Å²) in [5.74, 6) is -0.943. The van der Waals surface area contributed by atoms with Crippen LogP contribution in [-0.2, 0) is 0 Å². The lowest BCUT2D eigenvalue weighted by atomic mass is 10.2. The van der Waals surface area contributed by atoms with Crippen molar-refractivity contribution in [2.75, 3.05) is 5.43 Å². The van der Waals surface area contributed by atoms with Crippen molar-refractivity contribution >= 4 is 39.8 Å². The van der Waals surface area contributed by atoms with E-state index in [9.17, 15) is 4.39 Å². The van der Waals surface area contributed by atoms with Crippen LogP contribution < -0.4 is 11.2 Å². The Morgan fingerprint density at radius 3 is 2.76 bits per heavy atom. The molecule has 88 valence electrons. The molecule has 0 aliphatic carbocycles. The lowest BCUT2D eigenvalue weighted by Crippen LogP contribution is -2.22. The molecular weight excluding hydrogens is 336 g/mol. The number of nitriles is 1. The highest BCUT2D eigenvalue weighted by Gasteiger charge is 2.08. The number of halogens is 2. The number of nitrogens with one attached hydrogen (secondary N) is 2. The van der Waals surface area contributed by atoms with Crippen LogP contribution in [0.5, 0.6) is 0 Å². The first-order valence-corrected chi connectivity index (χ1v) is 5.57. The van der Waals surface area contributed by atoms with Crippen LogP contribution in [0.15, 0.2) is 17.2 Å². The summed E-state index contributed by atoms with van der Waals surface area (Å²) in [4.78, 5) is 0. The normalized spacial score (nSPS) is 10.8. The fourth-order valence-electron chi connectivity index (χ4n) is 1.06. The number of rotatable bonds is 3. The van der Waals surface area contributed by atoms with E-state index in [0.717, 1.165) is 5.56 Å². The molecule has 0 saturated heterocycles. The maximum atomic E-state index is 13.6. The fraction of sp³-hybridized carbons (Fsp3) is 0.100. The predicted octanol–water partition coefficient (Wildman–Crippen LogP) is 1.97. The van der Waals surface area contributed by atoms with E-state index in [-0.39, 0.29) is 11.4 Å². The molecule has 0 heterocycles. The van der Waals surface area contributed by atoms with Crippen molar-refractivity contribution in [3.8, 4) is 6.07 Å². The third-order valence-electron chi connectivity index (χ3n) is 1.83. The summed E-state index contributed by atoms with van der Waals surface area (Å²) in [6.07, 6.45) is 0. The first kappa shape index (κ1) is 13.4. The van der Waals surface area contributed by atoms with E-state index in [4.69, 9.17) is 16.4 Å². The second kappa shape index (κ2) is 5.58. The Kier molecular flexibility index (Phi) is 4.39. The van der Waals surface area contributed by atoms with Crippen LogP contribution in [0.25, 0.3) is 0 Å². The Hall–Kier alpha value is -1.69. The van der Waals surface area contributed by atoms with Crippen LogP contribution in [0.1, 0.15) is 5.56 Å². The van der Waals surface area contributed by atoms with E-state index in [2.05, 4.69) is 10.5 Å². The molecule has 0 bridgehead atoms. The first-order chi connectivity index (χ1) is 7.95. The summed E-state index contributed by atoms with van der Waals surface area (Å²) >= 11 is 1.95. The molecule has 4 N–H and O–H groups in total. The minimum absolute atomic E-state index is 0.158. The molecule has 0 saturated carbocycles. The van der Waals surface area contributed by atoms with E-state index >= 15 is 0 Å². The number of nitrogens with two attached hydrogens (primary N) is 1. The number of anilines is 1. The summed E-state index contributed by atoms with van der Waals surface area (Å²) in [7, 11) is 0. The van der Waals surface area contributed by atoms with Crippen LogP contribution in [0.4, 0.5) is 10.1 Å². The zero-order valence-electron chi connectivity index (χ0n) is 8.88. The van der Waals surface area contributed by atoms with Crippen LogP contribution >= 0.6 is 22.6 Å². The molecule has 7 heteroatoms. The van der Waals surface area contributed by atoms with Crippen LogP contribution in [0.3, 0.4) is 0 Å². The van der Waals surface area contributed by atoms with Crippen molar-refractivity contribution in [3.05, 3.63) is 27.1 Å². The van der Waals surface area contributed by atoms with Gasteiger partial charge < -0.3 is 5.73 Å². The monoisotopic (exact) mass is 345 g/mol. The Bertz CT molecular complexity index is 509. The van der Waals surface area contributed by atoms with Gasteiger partial charge in [-0.05, 0) is 47.2 Å². The number of hydrogen-bond acceptors (Lipinski definition) is 4. The van der Waals surface area contributed by atoms with E-state index in [1.807, 2.05) is 22.6 Å². The predicted molar refractivity (Wildman–Crippen MR) is 72.4 cm³/mol. The largest absolute Gasteiger partial charge is 0.382 e. The summed E-state index contributed by atoms with van der Waals surface area (Å²) in [6.45, 7) is 1.77. The third kappa shape index (κ3) is 3.39. The topological polar surface area (TPSA) is 98.0 Å². The lowest BCUT2D eigenvalue weighted by molar-refractivity contribution is 0.628. The van der Waals surface area contributed by atoms with Crippen LogP contribution in [-0.4, -0.2) is 11.5 Å². The van der Waals surface area contributed by atoms with Gasteiger partial charge in [0.2, 0.25) is 5.71 Å². The quantitative estimate of drug-likeness (QED) is 0.338. The smallest absolute Gasteiger partial charge is 0.201 e. The van der Waals surface area contributed by atoms with Gasteiger partial charge in [-0.3, -0.25) is 10.8 Å². The standard InChI is InChI=1S/C10H9FIN5/c1-5-2-6(11)9(7(12)3-5)17-16-8(4-13)10(14)15/h2-3,17H,1H3,(H3,14,15)/b16-8+. The molecule has 1 aromatic carbocycles. The number of hydrogen-bond donors (Lipinski definition) is 3. The minimum Gasteiger partial charge on any atom is -0.382 e. The summed E-state index contributed by atoms with van der Waals surface area (Å²) in [5.41, 5.74) is 8.16. The van der Waals surface area contributed by atoms with Crippen LogP contribution in [0, 0.1) is 33.1 Å². The summed E-state index contributed by atoms with van der Waals surface area (Å²) in [5, 5.41) is 19.2. The van der Waals surface area contributed by atoms with Gasteiger partial charge in [-0.25, -0.2) is 4.39 Å². The Labute approximate surface area is 111 Å². The molecular formula is C10H9FIN5. The maximum Gasteiger partial charge on any atom is 0.201 e. The van der Waals surface area contributed by atoms with E-state index in [1.54, 1.807) is 19.1 Å². The molecule has 1 aromatic rings. The van der Waals surface area contributed by atoms with Gasteiger partial charge in [0.25, 0.3) is 0 Å². The number of aryl methyl sites for hydroxylation is 1. The highest BCUT2D eigenvalue weighted by atomic mass is 127. The van der Waals surface area contributed by atoms with Gasteiger partial charge in [-0.1, -0.05) is 0 Å². The molecule has 1 rings (SSSR count). The molecule has 0 atom stereocenters. The van der Waals surface area contributed by atoms with Gasteiger partial charge in [0, 0.05) is 3.57 Å². The molecule has 0 unspecified atom stereocenters. The summed E-state index contributed by atoms with van der Waals surface area (Å²) in [6, 6.07) is 4.75. The Balaban J connectivity index is 3.05. The van der Waals surface area contributed by atoms with Crippen molar-refractivity contribution < 1.29 is 4.39 Å². The van der Waals surface area contributed by atoms with Crippen LogP contribution in [0.2, 0.25) is 0 Å². The van der Waals surface area contributed by atoms with Crippen molar-refractivity contribution in [1.82, 2.24) is 0 Å². The van der Waals surface area contributed by atoms with E-state index in [1.165, 1.54) is 6.07 Å². The molecule has 0 amide bonds.